The Labute approximate surface area is 225 Å². The number of amides is 2. The third-order valence-electron chi connectivity index (χ3n) is 5.59. The first-order valence-electron chi connectivity index (χ1n) is 12.0. The van der Waals surface area contributed by atoms with Crippen LogP contribution < -0.4 is 30.2 Å². The van der Waals surface area contributed by atoms with Crippen LogP contribution in [-0.2, 0) is 11.2 Å². The van der Waals surface area contributed by atoms with Crippen LogP contribution in [0, 0.1) is 5.82 Å². The van der Waals surface area contributed by atoms with Gasteiger partial charge in [-0.15, -0.1) is 0 Å². The molecule has 2 amide bonds. The molecule has 1 atom stereocenters. The molecule has 1 unspecified atom stereocenters. The van der Waals surface area contributed by atoms with Gasteiger partial charge in [0.25, 0.3) is 0 Å². The number of anilines is 2. The first kappa shape index (κ1) is 28.9. The topological polar surface area (TPSA) is 135 Å². The van der Waals surface area contributed by atoms with E-state index in [1.807, 2.05) is 0 Å². The van der Waals surface area contributed by atoms with Gasteiger partial charge in [0.15, 0.2) is 11.5 Å². The van der Waals surface area contributed by atoms with E-state index in [9.17, 15) is 18.8 Å². The molecule has 4 N–H and O–H groups in total. The number of carboxylic acids is 1. The zero-order valence-corrected chi connectivity index (χ0v) is 21.7. The van der Waals surface area contributed by atoms with Crippen molar-refractivity contribution in [3.05, 3.63) is 77.6 Å². The average Bonchev–Trinajstić information content (AvgIpc) is 2.90. The van der Waals surface area contributed by atoms with E-state index >= 15 is 0 Å². The van der Waals surface area contributed by atoms with Gasteiger partial charge in [-0.1, -0.05) is 18.2 Å². The maximum absolute atomic E-state index is 13.8. The molecular formula is C28H30FN3O7. The summed E-state index contributed by atoms with van der Waals surface area (Å²) in [6, 6.07) is 14.4. The Balaban J connectivity index is 1.49. The molecule has 0 saturated carbocycles. The number of aromatic carboxylic acids is 1. The Hall–Kier alpha value is -4.64. The van der Waals surface area contributed by atoms with Crippen molar-refractivity contribution in [2.45, 2.75) is 26.0 Å². The standard InChI is InChI=1S/C28H30FN3O7/c1-17(39-24-11-9-19(27(34)35)16-26(24)38-3)30-13-12-20(33)14-18-8-10-23(25(15-18)37-2)32-28(36)31-22-7-5-4-6-21(22)29/h4-11,15-17,30H,12-14H2,1-3H3,(H,34,35)(H2,31,32,36). The highest BCUT2D eigenvalue weighted by molar-refractivity contribution is 6.00. The second-order valence-corrected chi connectivity index (χ2v) is 8.44. The van der Waals surface area contributed by atoms with Crippen LogP contribution in [0.1, 0.15) is 29.3 Å². The van der Waals surface area contributed by atoms with Crippen molar-refractivity contribution in [2.24, 2.45) is 0 Å². The molecule has 39 heavy (non-hydrogen) atoms. The predicted molar refractivity (Wildman–Crippen MR) is 143 cm³/mol. The zero-order valence-electron chi connectivity index (χ0n) is 21.7. The van der Waals surface area contributed by atoms with Crippen molar-refractivity contribution in [1.29, 1.82) is 0 Å². The number of carbonyl (C=O) groups is 3. The van der Waals surface area contributed by atoms with E-state index in [4.69, 9.17) is 19.3 Å². The zero-order chi connectivity index (χ0) is 28.4. The number of ketones is 1. The van der Waals surface area contributed by atoms with Crippen LogP contribution in [0.5, 0.6) is 17.2 Å². The summed E-state index contributed by atoms with van der Waals surface area (Å²) in [7, 11) is 2.86. The molecule has 3 aromatic carbocycles. The lowest BCUT2D eigenvalue weighted by molar-refractivity contribution is -0.118. The minimum atomic E-state index is -1.07. The third-order valence-corrected chi connectivity index (χ3v) is 5.59. The summed E-state index contributed by atoms with van der Waals surface area (Å²) in [5.74, 6) is -0.644. The van der Waals surface area contributed by atoms with Gasteiger partial charge in [-0.25, -0.2) is 14.0 Å². The Morgan fingerprint density at radius 2 is 1.62 bits per heavy atom. The molecule has 0 spiro atoms. The predicted octanol–water partition coefficient (Wildman–Crippen LogP) is 4.70. The first-order valence-corrected chi connectivity index (χ1v) is 12.0. The minimum Gasteiger partial charge on any atom is -0.495 e. The molecular weight excluding hydrogens is 509 g/mol. The summed E-state index contributed by atoms with van der Waals surface area (Å²) in [6.45, 7) is 2.11. The fraction of sp³-hybridized carbons (Fsp3) is 0.250. The number of ether oxygens (including phenoxy) is 3. The van der Waals surface area contributed by atoms with E-state index in [2.05, 4.69) is 16.0 Å². The summed E-state index contributed by atoms with van der Waals surface area (Å²) in [5.41, 5.74) is 1.18. The highest BCUT2D eigenvalue weighted by Gasteiger charge is 2.14. The molecule has 3 rings (SSSR count). The summed E-state index contributed by atoms with van der Waals surface area (Å²) in [5, 5.41) is 17.2. The molecule has 0 bridgehead atoms. The molecule has 3 aromatic rings. The van der Waals surface area contributed by atoms with Gasteiger partial charge in [-0.3, -0.25) is 10.1 Å². The fourth-order valence-corrected chi connectivity index (χ4v) is 3.65. The van der Waals surface area contributed by atoms with Crippen molar-refractivity contribution in [1.82, 2.24) is 5.32 Å². The van der Waals surface area contributed by atoms with E-state index in [0.29, 0.717) is 29.3 Å². The lowest BCUT2D eigenvalue weighted by Gasteiger charge is -2.18. The van der Waals surface area contributed by atoms with Crippen LogP contribution in [-0.4, -0.2) is 49.9 Å². The van der Waals surface area contributed by atoms with Crippen molar-refractivity contribution in [2.75, 3.05) is 31.4 Å². The van der Waals surface area contributed by atoms with Crippen molar-refractivity contribution in [3.8, 4) is 17.2 Å². The normalized spacial score (nSPS) is 11.3. The molecule has 0 radical (unpaired) electrons. The quantitative estimate of drug-likeness (QED) is 0.230. The van der Waals surface area contributed by atoms with Crippen LogP contribution in [0.15, 0.2) is 60.7 Å². The number of urea groups is 1. The number of carbonyl (C=O) groups excluding carboxylic acids is 2. The van der Waals surface area contributed by atoms with E-state index < -0.39 is 24.0 Å². The number of para-hydroxylation sites is 1. The molecule has 0 aliphatic heterocycles. The number of nitrogens with one attached hydrogen (secondary N) is 3. The molecule has 0 saturated heterocycles. The Kier molecular flexibility index (Phi) is 10.2. The number of hydrogen-bond donors (Lipinski definition) is 4. The maximum atomic E-state index is 13.8. The number of carboxylic acid groups (broad SMARTS) is 1. The van der Waals surface area contributed by atoms with Crippen LogP contribution >= 0.6 is 0 Å². The maximum Gasteiger partial charge on any atom is 0.335 e. The van der Waals surface area contributed by atoms with Crippen LogP contribution in [0.3, 0.4) is 0 Å². The summed E-state index contributed by atoms with van der Waals surface area (Å²) < 4.78 is 30.1. The third kappa shape index (κ3) is 8.44. The molecule has 0 aliphatic rings. The number of rotatable bonds is 13. The summed E-state index contributed by atoms with van der Waals surface area (Å²) in [4.78, 5) is 36.0. The van der Waals surface area contributed by atoms with Crippen molar-refractivity contribution in [3.63, 3.8) is 0 Å². The van der Waals surface area contributed by atoms with E-state index in [1.165, 1.54) is 50.6 Å². The molecule has 0 aliphatic carbocycles. The molecule has 206 valence electrons. The smallest absolute Gasteiger partial charge is 0.335 e. The van der Waals surface area contributed by atoms with Gasteiger partial charge < -0.3 is 30.0 Å². The van der Waals surface area contributed by atoms with Gasteiger partial charge >= 0.3 is 12.0 Å². The van der Waals surface area contributed by atoms with Gasteiger partial charge in [0, 0.05) is 19.4 Å². The number of halogens is 1. The lowest BCUT2D eigenvalue weighted by Crippen LogP contribution is -2.33. The number of Topliss-reactive ketones (excluding diaryl/α,β-unsaturated/α-hetero) is 1. The summed E-state index contributed by atoms with van der Waals surface area (Å²) >= 11 is 0. The Morgan fingerprint density at radius 3 is 2.31 bits per heavy atom. The number of hydrogen-bond acceptors (Lipinski definition) is 7. The monoisotopic (exact) mass is 539 g/mol. The molecule has 0 fully saturated rings. The Morgan fingerprint density at radius 1 is 0.897 bits per heavy atom. The van der Waals surface area contributed by atoms with Gasteiger partial charge in [-0.05, 0) is 55.0 Å². The van der Waals surface area contributed by atoms with Gasteiger partial charge in [0.1, 0.15) is 23.6 Å². The van der Waals surface area contributed by atoms with Gasteiger partial charge in [0.2, 0.25) is 0 Å². The average molecular weight is 540 g/mol. The second-order valence-electron chi connectivity index (χ2n) is 8.44. The number of benzene rings is 3. The van der Waals surface area contributed by atoms with Crippen LogP contribution in [0.4, 0.5) is 20.6 Å². The molecule has 10 nitrogen and oxygen atoms in total. The first-order chi connectivity index (χ1) is 18.7. The van der Waals surface area contributed by atoms with E-state index in [1.54, 1.807) is 31.2 Å². The largest absolute Gasteiger partial charge is 0.495 e. The minimum absolute atomic E-state index is 0.0295. The second kappa shape index (κ2) is 13.8. The van der Waals surface area contributed by atoms with Gasteiger partial charge in [-0.2, -0.15) is 0 Å². The van der Waals surface area contributed by atoms with Crippen LogP contribution in [0.25, 0.3) is 0 Å². The fourth-order valence-electron chi connectivity index (χ4n) is 3.65. The van der Waals surface area contributed by atoms with Gasteiger partial charge in [0.05, 0.1) is 31.2 Å². The van der Waals surface area contributed by atoms with Crippen LogP contribution in [0.2, 0.25) is 0 Å². The van der Waals surface area contributed by atoms with E-state index in [-0.39, 0.29) is 35.6 Å². The highest BCUT2D eigenvalue weighted by Crippen LogP contribution is 2.29. The molecule has 11 heteroatoms. The SMILES string of the molecule is COc1cc(CC(=O)CCNC(C)Oc2ccc(C(=O)O)cc2OC)ccc1NC(=O)Nc1ccccc1F. The highest BCUT2D eigenvalue weighted by atomic mass is 19.1. The lowest BCUT2D eigenvalue weighted by atomic mass is 10.1. The Bertz CT molecular complexity index is 1330. The molecule has 0 heterocycles. The number of methoxy groups -OCH3 is 2. The van der Waals surface area contributed by atoms with Crippen molar-refractivity contribution < 1.29 is 38.1 Å². The summed E-state index contributed by atoms with van der Waals surface area (Å²) in [6.07, 6.45) is -0.0846. The van der Waals surface area contributed by atoms with E-state index in [0.717, 1.165) is 0 Å². The molecule has 0 aromatic heterocycles. The van der Waals surface area contributed by atoms with Crippen molar-refractivity contribution >= 4 is 29.2 Å².